The number of fused-ring (bicyclic) bond motifs is 1. The Morgan fingerprint density at radius 3 is 2.81 bits per heavy atom. The smallest absolute Gasteiger partial charge is 0.279 e. The first-order valence-electron chi connectivity index (χ1n) is 8.53. The third-order valence-corrected chi connectivity index (χ3v) is 5.47. The molecule has 0 radical (unpaired) electrons. The molecule has 0 aliphatic heterocycles. The Hall–Kier alpha value is -1.95. The summed E-state index contributed by atoms with van der Waals surface area (Å²) in [5, 5.41) is 0.649. The van der Waals surface area contributed by atoms with Crippen molar-refractivity contribution >= 4 is 39.1 Å². The molecule has 0 unspecified atom stereocenters. The molecule has 6 heteroatoms. The van der Waals surface area contributed by atoms with Gasteiger partial charge in [-0.25, -0.2) is 0 Å². The molecule has 0 N–H and O–H groups in total. The summed E-state index contributed by atoms with van der Waals surface area (Å²) >= 11 is 7.87. The van der Waals surface area contributed by atoms with Crippen molar-refractivity contribution in [2.45, 2.75) is 27.3 Å². The van der Waals surface area contributed by atoms with Gasteiger partial charge in [-0.15, -0.1) is 0 Å². The molecule has 3 aromatic rings. The number of amides is 1. The maximum absolute atomic E-state index is 12.8. The van der Waals surface area contributed by atoms with Gasteiger partial charge in [-0.1, -0.05) is 46.7 Å². The number of ether oxygens (including phenoxy) is 1. The van der Waals surface area contributed by atoms with E-state index >= 15 is 0 Å². The lowest BCUT2D eigenvalue weighted by molar-refractivity contribution is 0.0996. The number of hydrogen-bond donors (Lipinski definition) is 0. The number of halogens is 1. The summed E-state index contributed by atoms with van der Waals surface area (Å²) < 4.78 is 8.46. The second-order valence-electron chi connectivity index (χ2n) is 6.06. The van der Waals surface area contributed by atoms with Crippen LogP contribution in [-0.4, -0.2) is 23.7 Å². The van der Waals surface area contributed by atoms with E-state index in [-0.39, 0.29) is 5.91 Å². The number of carbonyl (C=O) groups is 1. The Balaban J connectivity index is 2.10. The minimum Gasteiger partial charge on any atom is -0.380 e. The highest BCUT2D eigenvalue weighted by Crippen LogP contribution is 2.25. The van der Waals surface area contributed by atoms with Gasteiger partial charge in [-0.3, -0.25) is 4.79 Å². The van der Waals surface area contributed by atoms with E-state index < -0.39 is 0 Å². The van der Waals surface area contributed by atoms with Crippen LogP contribution >= 0.6 is 22.9 Å². The van der Waals surface area contributed by atoms with Crippen molar-refractivity contribution in [3.8, 4) is 0 Å². The summed E-state index contributed by atoms with van der Waals surface area (Å²) in [5.74, 6) is -0.240. The third-order valence-electron chi connectivity index (χ3n) is 4.12. The van der Waals surface area contributed by atoms with E-state index in [9.17, 15) is 4.79 Å². The molecule has 0 bridgehead atoms. The Labute approximate surface area is 161 Å². The van der Waals surface area contributed by atoms with Gasteiger partial charge < -0.3 is 9.30 Å². The highest BCUT2D eigenvalue weighted by molar-refractivity contribution is 7.16. The molecule has 0 saturated heterocycles. The van der Waals surface area contributed by atoms with Crippen LogP contribution in [0.25, 0.3) is 10.2 Å². The van der Waals surface area contributed by atoms with E-state index in [0.717, 1.165) is 21.3 Å². The molecule has 136 valence electrons. The van der Waals surface area contributed by atoms with Crippen LogP contribution in [0.3, 0.4) is 0 Å². The molecule has 0 spiro atoms. The normalized spacial score (nSPS) is 12.1. The molecule has 26 heavy (non-hydrogen) atoms. The van der Waals surface area contributed by atoms with E-state index in [1.165, 1.54) is 11.3 Å². The van der Waals surface area contributed by atoms with Gasteiger partial charge in [-0.05, 0) is 44.5 Å². The predicted molar refractivity (Wildman–Crippen MR) is 107 cm³/mol. The number of thiazole rings is 1. The quantitative estimate of drug-likeness (QED) is 0.592. The Bertz CT molecular complexity index is 1020. The zero-order chi connectivity index (χ0) is 18.7. The molecule has 4 nitrogen and oxygen atoms in total. The SMILES string of the molecule is CCOCCn1c(=NC(=O)c2ccc(C)cc2C)sc2cccc(Cl)c21. The highest BCUT2D eigenvalue weighted by Gasteiger charge is 2.13. The van der Waals surface area contributed by atoms with Crippen LogP contribution in [-0.2, 0) is 11.3 Å². The summed E-state index contributed by atoms with van der Waals surface area (Å²) in [6.07, 6.45) is 0. The maximum Gasteiger partial charge on any atom is 0.279 e. The number of benzene rings is 2. The molecular weight excluding hydrogens is 368 g/mol. The van der Waals surface area contributed by atoms with Crippen molar-refractivity contribution in [1.82, 2.24) is 4.57 Å². The molecule has 3 rings (SSSR count). The molecule has 0 aliphatic carbocycles. The summed E-state index contributed by atoms with van der Waals surface area (Å²) in [7, 11) is 0. The van der Waals surface area contributed by atoms with Crippen molar-refractivity contribution in [2.75, 3.05) is 13.2 Å². The maximum atomic E-state index is 12.8. The van der Waals surface area contributed by atoms with Gasteiger partial charge in [0.05, 0.1) is 21.8 Å². The van der Waals surface area contributed by atoms with Crippen molar-refractivity contribution in [2.24, 2.45) is 4.99 Å². The Morgan fingerprint density at radius 2 is 2.08 bits per heavy atom. The number of rotatable bonds is 5. The van der Waals surface area contributed by atoms with Gasteiger partial charge in [0, 0.05) is 18.7 Å². The van der Waals surface area contributed by atoms with Crippen LogP contribution in [0, 0.1) is 13.8 Å². The van der Waals surface area contributed by atoms with Crippen LogP contribution in [0.4, 0.5) is 0 Å². The molecule has 0 atom stereocenters. The summed E-state index contributed by atoms with van der Waals surface area (Å²) in [4.78, 5) is 17.8. The molecule has 1 aromatic heterocycles. The first kappa shape index (κ1) is 18.8. The van der Waals surface area contributed by atoms with Crippen molar-refractivity contribution in [3.05, 3.63) is 62.9 Å². The van der Waals surface area contributed by atoms with Gasteiger partial charge in [0.2, 0.25) is 0 Å². The lowest BCUT2D eigenvalue weighted by atomic mass is 10.1. The zero-order valence-electron chi connectivity index (χ0n) is 15.1. The molecular formula is C20H21ClN2O2S. The van der Waals surface area contributed by atoms with Gasteiger partial charge in [0.1, 0.15) is 0 Å². The summed E-state index contributed by atoms with van der Waals surface area (Å²) in [6, 6.07) is 11.5. The van der Waals surface area contributed by atoms with Gasteiger partial charge in [-0.2, -0.15) is 4.99 Å². The van der Waals surface area contributed by atoms with E-state index in [1.807, 2.05) is 61.7 Å². The second-order valence-corrected chi connectivity index (χ2v) is 7.47. The Kier molecular flexibility index (Phi) is 5.91. The second kappa shape index (κ2) is 8.16. The fourth-order valence-corrected chi connectivity index (χ4v) is 4.29. The molecule has 2 aromatic carbocycles. The van der Waals surface area contributed by atoms with E-state index in [4.69, 9.17) is 16.3 Å². The fourth-order valence-electron chi connectivity index (χ4n) is 2.88. The topological polar surface area (TPSA) is 43.6 Å². The molecule has 1 amide bonds. The number of hydrogen-bond acceptors (Lipinski definition) is 3. The van der Waals surface area contributed by atoms with Crippen molar-refractivity contribution in [1.29, 1.82) is 0 Å². The van der Waals surface area contributed by atoms with Crippen LogP contribution in [0.2, 0.25) is 5.02 Å². The lowest BCUT2D eigenvalue weighted by Gasteiger charge is -2.07. The fraction of sp³-hybridized carbons (Fsp3) is 0.300. The highest BCUT2D eigenvalue weighted by atomic mass is 35.5. The number of nitrogens with zero attached hydrogens (tertiary/aromatic N) is 2. The van der Waals surface area contributed by atoms with E-state index in [0.29, 0.717) is 35.1 Å². The van der Waals surface area contributed by atoms with E-state index in [1.54, 1.807) is 0 Å². The van der Waals surface area contributed by atoms with E-state index in [2.05, 4.69) is 4.99 Å². The predicted octanol–water partition coefficient (Wildman–Crippen LogP) is 4.75. The van der Waals surface area contributed by atoms with Gasteiger partial charge >= 0.3 is 0 Å². The average Bonchev–Trinajstić information content (AvgIpc) is 2.93. The molecule has 1 heterocycles. The Morgan fingerprint density at radius 1 is 1.27 bits per heavy atom. The zero-order valence-corrected chi connectivity index (χ0v) is 16.7. The van der Waals surface area contributed by atoms with Crippen LogP contribution in [0.15, 0.2) is 41.4 Å². The number of aromatic nitrogens is 1. The molecule has 0 aliphatic rings. The molecule has 0 saturated carbocycles. The number of para-hydroxylation sites is 1. The monoisotopic (exact) mass is 388 g/mol. The van der Waals surface area contributed by atoms with Crippen molar-refractivity contribution in [3.63, 3.8) is 0 Å². The largest absolute Gasteiger partial charge is 0.380 e. The number of carbonyl (C=O) groups excluding carboxylic acids is 1. The van der Waals surface area contributed by atoms with Gasteiger partial charge in [0.25, 0.3) is 5.91 Å². The minimum absolute atomic E-state index is 0.240. The first-order chi connectivity index (χ1) is 12.5. The summed E-state index contributed by atoms with van der Waals surface area (Å²) in [5.41, 5.74) is 3.57. The van der Waals surface area contributed by atoms with Crippen molar-refractivity contribution < 1.29 is 9.53 Å². The minimum atomic E-state index is -0.240. The first-order valence-corrected chi connectivity index (χ1v) is 9.72. The number of aryl methyl sites for hydroxylation is 2. The third kappa shape index (κ3) is 3.90. The standard InChI is InChI=1S/C20H21ClN2O2S/c1-4-25-11-10-23-18-16(21)6-5-7-17(18)26-20(23)22-19(24)15-9-8-13(2)12-14(15)3/h5-9,12H,4,10-11H2,1-3H3. The van der Waals surface area contributed by atoms with Crippen LogP contribution in [0.5, 0.6) is 0 Å². The molecule has 0 fully saturated rings. The van der Waals surface area contributed by atoms with Crippen LogP contribution in [0.1, 0.15) is 28.4 Å². The van der Waals surface area contributed by atoms with Gasteiger partial charge in [0.15, 0.2) is 4.80 Å². The summed E-state index contributed by atoms with van der Waals surface area (Å²) in [6.45, 7) is 7.67. The van der Waals surface area contributed by atoms with Crippen LogP contribution < -0.4 is 4.80 Å². The average molecular weight is 389 g/mol. The lowest BCUT2D eigenvalue weighted by Crippen LogP contribution is -2.20.